The van der Waals surface area contributed by atoms with Crippen molar-refractivity contribution in [2.75, 3.05) is 18.4 Å². The topological polar surface area (TPSA) is 82.3 Å². The third-order valence-electron chi connectivity index (χ3n) is 5.65. The molecule has 3 rings (SSSR count). The maximum absolute atomic E-state index is 12.4. The zero-order valence-electron chi connectivity index (χ0n) is 16.8. The summed E-state index contributed by atoms with van der Waals surface area (Å²) in [6.07, 6.45) is 5.04. The molecule has 1 aromatic rings. The fourth-order valence-electron chi connectivity index (χ4n) is 3.69. The Labute approximate surface area is 174 Å². The van der Waals surface area contributed by atoms with Crippen molar-refractivity contribution in [2.24, 2.45) is 11.8 Å². The second-order valence-electron chi connectivity index (χ2n) is 8.05. The summed E-state index contributed by atoms with van der Waals surface area (Å²) in [5, 5.41) is 12.2. The van der Waals surface area contributed by atoms with Crippen LogP contribution in [-0.2, 0) is 4.79 Å². The van der Waals surface area contributed by atoms with Gasteiger partial charge in [-0.25, -0.2) is 4.79 Å². The van der Waals surface area contributed by atoms with Gasteiger partial charge in [0.05, 0.1) is 6.04 Å². The van der Waals surface area contributed by atoms with Crippen molar-refractivity contribution in [1.29, 1.82) is 0 Å². The van der Waals surface area contributed by atoms with Gasteiger partial charge in [0.2, 0.25) is 5.91 Å². The molecule has 0 spiro atoms. The largest absolute Gasteiger partial charge is 0.350 e. The Bertz CT molecular complexity index is 642. The summed E-state index contributed by atoms with van der Waals surface area (Å²) in [6.45, 7) is 6.31. The third-order valence-corrected chi connectivity index (χ3v) is 5.65. The molecule has 1 aromatic carbocycles. The minimum Gasteiger partial charge on any atom is -0.350 e. The Balaban J connectivity index is 0.00000280. The monoisotopic (exact) mass is 408 g/mol. The van der Waals surface area contributed by atoms with Crippen molar-refractivity contribution in [3.05, 3.63) is 29.8 Å². The average molecular weight is 409 g/mol. The van der Waals surface area contributed by atoms with Crippen molar-refractivity contribution in [2.45, 2.75) is 58.0 Å². The van der Waals surface area contributed by atoms with Crippen LogP contribution in [0.3, 0.4) is 0 Å². The van der Waals surface area contributed by atoms with Gasteiger partial charge in [-0.2, -0.15) is 0 Å². The van der Waals surface area contributed by atoms with Crippen LogP contribution < -0.4 is 21.3 Å². The molecule has 6 nitrogen and oxygen atoms in total. The maximum atomic E-state index is 12.4. The molecule has 0 radical (unpaired) electrons. The normalized spacial score (nSPS) is 19.1. The van der Waals surface area contributed by atoms with E-state index in [4.69, 9.17) is 0 Å². The lowest BCUT2D eigenvalue weighted by molar-refractivity contribution is -0.123. The summed E-state index contributed by atoms with van der Waals surface area (Å²) in [7, 11) is 0. The van der Waals surface area contributed by atoms with Gasteiger partial charge in [0, 0.05) is 18.2 Å². The summed E-state index contributed by atoms with van der Waals surface area (Å²) < 4.78 is 0. The molecule has 1 heterocycles. The molecule has 1 saturated heterocycles. The first kappa shape index (κ1) is 22.5. The molecule has 1 aliphatic carbocycles. The number of rotatable bonds is 7. The van der Waals surface area contributed by atoms with Crippen LogP contribution in [0.4, 0.5) is 10.5 Å². The van der Waals surface area contributed by atoms with Gasteiger partial charge >= 0.3 is 6.03 Å². The lowest BCUT2D eigenvalue weighted by Gasteiger charge is -2.28. The van der Waals surface area contributed by atoms with Crippen LogP contribution in [-0.4, -0.2) is 31.1 Å². The van der Waals surface area contributed by atoms with Gasteiger partial charge < -0.3 is 21.3 Å². The van der Waals surface area contributed by atoms with E-state index in [9.17, 15) is 9.59 Å². The quantitative estimate of drug-likeness (QED) is 0.556. The highest BCUT2D eigenvalue weighted by Gasteiger charge is 2.24. The van der Waals surface area contributed by atoms with Crippen LogP contribution in [0.1, 0.15) is 57.6 Å². The molecule has 0 aromatic heterocycles. The van der Waals surface area contributed by atoms with Gasteiger partial charge in [-0.05, 0) is 75.2 Å². The SMILES string of the molecule is CC(NC(=O)CC(C)C1CCNCC1)c1ccc(NC(=O)NC2CC2)cc1.Cl. The van der Waals surface area contributed by atoms with Crippen LogP contribution >= 0.6 is 12.4 Å². The Hall–Kier alpha value is -1.79. The minimum absolute atomic E-state index is 0. The molecule has 1 saturated carbocycles. The molecule has 3 amide bonds. The van der Waals surface area contributed by atoms with E-state index in [2.05, 4.69) is 28.2 Å². The van der Waals surface area contributed by atoms with Crippen LogP contribution in [0.5, 0.6) is 0 Å². The Morgan fingerprint density at radius 3 is 2.32 bits per heavy atom. The van der Waals surface area contributed by atoms with E-state index in [1.54, 1.807) is 0 Å². The van der Waals surface area contributed by atoms with Crippen LogP contribution in [0.25, 0.3) is 0 Å². The zero-order chi connectivity index (χ0) is 19.2. The number of piperidine rings is 1. The summed E-state index contributed by atoms with van der Waals surface area (Å²) in [5.41, 5.74) is 1.79. The van der Waals surface area contributed by atoms with Crippen molar-refractivity contribution in [3.63, 3.8) is 0 Å². The molecular weight excluding hydrogens is 376 g/mol. The number of amides is 3. The number of hydrogen-bond acceptors (Lipinski definition) is 3. The van der Waals surface area contributed by atoms with Gasteiger partial charge in [-0.15, -0.1) is 12.4 Å². The van der Waals surface area contributed by atoms with Crippen LogP contribution in [0.15, 0.2) is 24.3 Å². The predicted molar refractivity (Wildman–Crippen MR) is 115 cm³/mol. The predicted octanol–water partition coefficient (Wildman–Crippen LogP) is 3.60. The summed E-state index contributed by atoms with van der Waals surface area (Å²) in [6, 6.07) is 7.80. The first-order valence-electron chi connectivity index (χ1n) is 10.2. The number of anilines is 1. The zero-order valence-corrected chi connectivity index (χ0v) is 17.6. The fourth-order valence-corrected chi connectivity index (χ4v) is 3.69. The van der Waals surface area contributed by atoms with E-state index in [0.717, 1.165) is 50.0 Å². The van der Waals surface area contributed by atoms with Crippen LogP contribution in [0.2, 0.25) is 0 Å². The number of carbonyl (C=O) groups is 2. The molecule has 156 valence electrons. The number of benzene rings is 1. The lowest BCUT2D eigenvalue weighted by Crippen LogP contribution is -2.34. The van der Waals surface area contributed by atoms with Crippen molar-refractivity contribution in [1.82, 2.24) is 16.0 Å². The molecular formula is C21H33ClN4O2. The Kier molecular flexibility index (Phi) is 8.58. The van der Waals surface area contributed by atoms with E-state index >= 15 is 0 Å². The number of nitrogens with one attached hydrogen (secondary N) is 4. The molecule has 2 atom stereocenters. The molecule has 4 N–H and O–H groups in total. The number of urea groups is 1. The Morgan fingerprint density at radius 2 is 1.71 bits per heavy atom. The van der Waals surface area contributed by atoms with Crippen molar-refractivity contribution in [3.8, 4) is 0 Å². The Morgan fingerprint density at radius 1 is 1.07 bits per heavy atom. The molecule has 2 fully saturated rings. The van der Waals surface area contributed by atoms with Gasteiger partial charge in [0.15, 0.2) is 0 Å². The molecule has 0 bridgehead atoms. The smallest absolute Gasteiger partial charge is 0.319 e. The molecule has 2 aliphatic rings. The average Bonchev–Trinajstić information content (AvgIpc) is 3.46. The molecule has 2 unspecified atom stereocenters. The van der Waals surface area contributed by atoms with Gasteiger partial charge in [0.25, 0.3) is 0 Å². The second-order valence-corrected chi connectivity index (χ2v) is 8.05. The van der Waals surface area contributed by atoms with E-state index in [1.807, 2.05) is 31.2 Å². The van der Waals surface area contributed by atoms with Gasteiger partial charge in [-0.1, -0.05) is 19.1 Å². The van der Waals surface area contributed by atoms with Crippen molar-refractivity contribution >= 4 is 30.0 Å². The second kappa shape index (κ2) is 10.7. The van der Waals surface area contributed by atoms with Crippen molar-refractivity contribution < 1.29 is 9.59 Å². The third kappa shape index (κ3) is 6.99. The number of hydrogen-bond donors (Lipinski definition) is 4. The fraction of sp³-hybridized carbons (Fsp3) is 0.619. The maximum Gasteiger partial charge on any atom is 0.319 e. The highest BCUT2D eigenvalue weighted by Crippen LogP contribution is 2.25. The first-order valence-corrected chi connectivity index (χ1v) is 10.2. The van der Waals surface area contributed by atoms with E-state index in [0.29, 0.717) is 24.3 Å². The van der Waals surface area contributed by atoms with E-state index in [-0.39, 0.29) is 30.4 Å². The lowest BCUT2D eigenvalue weighted by atomic mass is 9.84. The highest BCUT2D eigenvalue weighted by atomic mass is 35.5. The standard InChI is InChI=1S/C21H32N4O2.ClH/c1-14(16-9-11-22-12-10-16)13-20(26)23-15(2)17-3-5-18(6-4-17)24-21(27)25-19-7-8-19;/h3-6,14-16,19,22H,7-13H2,1-2H3,(H,23,26)(H2,24,25,27);1H. The first-order chi connectivity index (χ1) is 13.0. The van der Waals surface area contributed by atoms with Gasteiger partial charge in [-0.3, -0.25) is 4.79 Å². The number of halogens is 1. The summed E-state index contributed by atoms with van der Waals surface area (Å²) in [5.74, 6) is 1.16. The molecule has 1 aliphatic heterocycles. The number of carbonyl (C=O) groups excluding carboxylic acids is 2. The minimum atomic E-state index is -0.154. The van der Waals surface area contributed by atoms with E-state index in [1.165, 1.54) is 0 Å². The highest BCUT2D eigenvalue weighted by molar-refractivity contribution is 5.89. The van der Waals surface area contributed by atoms with Crippen LogP contribution in [0, 0.1) is 11.8 Å². The molecule has 7 heteroatoms. The van der Waals surface area contributed by atoms with E-state index < -0.39 is 0 Å². The van der Waals surface area contributed by atoms with Gasteiger partial charge in [0.1, 0.15) is 0 Å². The molecule has 28 heavy (non-hydrogen) atoms. The summed E-state index contributed by atoms with van der Waals surface area (Å²) >= 11 is 0. The summed E-state index contributed by atoms with van der Waals surface area (Å²) in [4.78, 5) is 24.2.